The number of carbonyl (C=O) groups is 1. The van der Waals surface area contributed by atoms with Crippen molar-refractivity contribution in [2.75, 3.05) is 6.61 Å². The van der Waals surface area contributed by atoms with Crippen LogP contribution in [0.15, 0.2) is 65.8 Å². The fourth-order valence-electron chi connectivity index (χ4n) is 2.53. The van der Waals surface area contributed by atoms with Gasteiger partial charge in [-0.2, -0.15) is 5.10 Å². The zero-order valence-electron chi connectivity index (χ0n) is 14.1. The number of nitrogens with one attached hydrogen (secondary N) is 1. The summed E-state index contributed by atoms with van der Waals surface area (Å²) in [6, 6.07) is 17.5. The molecule has 0 aliphatic heterocycles. The minimum Gasteiger partial charge on any atom is -0.508 e. The zero-order valence-corrected chi connectivity index (χ0v) is 14.1. The van der Waals surface area contributed by atoms with Gasteiger partial charge in [0.15, 0.2) is 6.61 Å². The minimum atomic E-state index is -0.421. The normalized spacial score (nSPS) is 11.3. The van der Waals surface area contributed by atoms with Gasteiger partial charge in [-0.3, -0.25) is 4.79 Å². The highest BCUT2D eigenvalue weighted by Gasteiger charge is 2.08. The van der Waals surface area contributed by atoms with E-state index in [-0.39, 0.29) is 18.1 Å². The number of hydrazone groups is 1. The van der Waals surface area contributed by atoms with Crippen molar-refractivity contribution in [3.05, 3.63) is 66.2 Å². The topological polar surface area (TPSA) is 91.2 Å². The quantitative estimate of drug-likeness (QED) is 0.487. The highest BCUT2D eigenvalue weighted by Crippen LogP contribution is 2.25. The molecule has 26 heavy (non-hydrogen) atoms. The standard InChI is InChI=1S/C20H18N2O4/c1-13(16-10-9-15(23)11-18(16)24)21-22-20(25)12-26-19-8-4-6-14-5-2-3-7-17(14)19/h2-11,23-24H,12H2,1H3,(H,22,25)/b21-13+. The number of benzene rings is 3. The van der Waals surface area contributed by atoms with E-state index in [2.05, 4.69) is 10.5 Å². The Labute approximate surface area is 150 Å². The average Bonchev–Trinajstić information content (AvgIpc) is 2.64. The summed E-state index contributed by atoms with van der Waals surface area (Å²) in [6.45, 7) is 1.45. The molecular formula is C20H18N2O4. The van der Waals surface area contributed by atoms with Gasteiger partial charge in [0, 0.05) is 17.0 Å². The number of ether oxygens (including phenoxy) is 1. The van der Waals surface area contributed by atoms with Gasteiger partial charge in [0.25, 0.3) is 5.91 Å². The lowest BCUT2D eigenvalue weighted by Crippen LogP contribution is -2.25. The molecule has 0 saturated carbocycles. The summed E-state index contributed by atoms with van der Waals surface area (Å²) in [5, 5.41) is 25.0. The van der Waals surface area contributed by atoms with Crippen molar-refractivity contribution in [3.8, 4) is 17.2 Å². The summed E-state index contributed by atoms with van der Waals surface area (Å²) < 4.78 is 5.59. The van der Waals surface area contributed by atoms with Gasteiger partial charge < -0.3 is 14.9 Å². The van der Waals surface area contributed by atoms with Crippen molar-refractivity contribution in [3.63, 3.8) is 0 Å². The van der Waals surface area contributed by atoms with Gasteiger partial charge in [0.05, 0.1) is 5.71 Å². The van der Waals surface area contributed by atoms with Crippen LogP contribution in [-0.2, 0) is 4.79 Å². The number of rotatable bonds is 5. The number of nitrogens with zero attached hydrogens (tertiary/aromatic N) is 1. The summed E-state index contributed by atoms with van der Waals surface area (Å²) in [6.07, 6.45) is 0. The van der Waals surface area contributed by atoms with E-state index in [1.165, 1.54) is 18.2 Å². The largest absolute Gasteiger partial charge is 0.508 e. The maximum atomic E-state index is 12.0. The summed E-state index contributed by atoms with van der Waals surface area (Å²) in [4.78, 5) is 12.0. The van der Waals surface area contributed by atoms with Crippen LogP contribution in [0.4, 0.5) is 0 Å². The van der Waals surface area contributed by atoms with Crippen molar-refractivity contribution in [1.82, 2.24) is 5.43 Å². The van der Waals surface area contributed by atoms with E-state index in [4.69, 9.17) is 4.74 Å². The SMILES string of the molecule is C/C(=N\NC(=O)COc1cccc2ccccc12)c1ccc(O)cc1O. The number of hydrogen-bond donors (Lipinski definition) is 3. The molecule has 3 aromatic rings. The molecule has 3 aromatic carbocycles. The first-order chi connectivity index (χ1) is 12.5. The number of phenols is 2. The van der Waals surface area contributed by atoms with Gasteiger partial charge in [0.1, 0.15) is 17.2 Å². The van der Waals surface area contributed by atoms with Crippen LogP contribution >= 0.6 is 0 Å². The maximum absolute atomic E-state index is 12.0. The number of carbonyl (C=O) groups excluding carboxylic acids is 1. The molecule has 3 rings (SSSR count). The predicted octanol–water partition coefficient (Wildman–Crippen LogP) is 3.17. The smallest absolute Gasteiger partial charge is 0.277 e. The van der Waals surface area contributed by atoms with Gasteiger partial charge >= 0.3 is 0 Å². The van der Waals surface area contributed by atoms with Crippen molar-refractivity contribution >= 4 is 22.4 Å². The first-order valence-corrected chi connectivity index (χ1v) is 8.00. The number of aromatic hydroxyl groups is 2. The molecule has 0 aliphatic rings. The summed E-state index contributed by atoms with van der Waals surface area (Å²) >= 11 is 0. The third-order valence-corrected chi connectivity index (χ3v) is 3.83. The van der Waals surface area contributed by atoms with Crippen LogP contribution in [-0.4, -0.2) is 28.4 Å². The minimum absolute atomic E-state index is 0.0495. The molecule has 1 amide bonds. The zero-order chi connectivity index (χ0) is 18.5. The molecule has 0 saturated heterocycles. The molecule has 0 radical (unpaired) electrons. The highest BCUT2D eigenvalue weighted by molar-refractivity contribution is 6.01. The molecule has 0 spiro atoms. The lowest BCUT2D eigenvalue weighted by Gasteiger charge is -2.09. The van der Waals surface area contributed by atoms with Gasteiger partial charge in [-0.25, -0.2) is 5.43 Å². The van der Waals surface area contributed by atoms with Gasteiger partial charge in [-0.15, -0.1) is 0 Å². The first-order valence-electron chi connectivity index (χ1n) is 8.00. The van der Waals surface area contributed by atoms with E-state index in [0.29, 0.717) is 17.0 Å². The van der Waals surface area contributed by atoms with Crippen LogP contribution in [0, 0.1) is 0 Å². The highest BCUT2D eigenvalue weighted by atomic mass is 16.5. The van der Waals surface area contributed by atoms with E-state index in [1.54, 1.807) is 13.0 Å². The Morgan fingerprint density at radius 3 is 2.65 bits per heavy atom. The molecule has 6 heteroatoms. The Bertz CT molecular complexity index is 977. The van der Waals surface area contributed by atoms with Gasteiger partial charge in [-0.1, -0.05) is 36.4 Å². The molecule has 0 aromatic heterocycles. The van der Waals surface area contributed by atoms with Crippen LogP contribution in [0.5, 0.6) is 17.2 Å². The van der Waals surface area contributed by atoms with E-state index >= 15 is 0 Å². The average molecular weight is 350 g/mol. The number of phenolic OH excluding ortho intramolecular Hbond substituents is 2. The van der Waals surface area contributed by atoms with E-state index < -0.39 is 5.91 Å². The van der Waals surface area contributed by atoms with Crippen LogP contribution in [0.25, 0.3) is 10.8 Å². The van der Waals surface area contributed by atoms with Crippen molar-refractivity contribution in [2.24, 2.45) is 5.10 Å². The molecule has 132 valence electrons. The van der Waals surface area contributed by atoms with Crippen LogP contribution < -0.4 is 10.2 Å². The van der Waals surface area contributed by atoms with Crippen molar-refractivity contribution < 1.29 is 19.7 Å². The molecule has 6 nitrogen and oxygen atoms in total. The van der Waals surface area contributed by atoms with E-state index in [1.807, 2.05) is 36.4 Å². The van der Waals surface area contributed by atoms with E-state index in [9.17, 15) is 15.0 Å². The lowest BCUT2D eigenvalue weighted by atomic mass is 10.1. The van der Waals surface area contributed by atoms with Crippen molar-refractivity contribution in [2.45, 2.75) is 6.92 Å². The van der Waals surface area contributed by atoms with Crippen LogP contribution in [0.1, 0.15) is 12.5 Å². The van der Waals surface area contributed by atoms with Gasteiger partial charge in [0.2, 0.25) is 0 Å². The van der Waals surface area contributed by atoms with E-state index in [0.717, 1.165) is 10.8 Å². The Morgan fingerprint density at radius 1 is 1.08 bits per heavy atom. The Hall–Kier alpha value is -3.54. The van der Waals surface area contributed by atoms with Crippen LogP contribution in [0.2, 0.25) is 0 Å². The fraction of sp³-hybridized carbons (Fsp3) is 0.100. The maximum Gasteiger partial charge on any atom is 0.277 e. The molecule has 3 N–H and O–H groups in total. The summed E-state index contributed by atoms with van der Waals surface area (Å²) in [5.74, 6) is 0.0322. The van der Waals surface area contributed by atoms with Crippen molar-refractivity contribution in [1.29, 1.82) is 0 Å². The lowest BCUT2D eigenvalue weighted by molar-refractivity contribution is -0.123. The molecule has 0 bridgehead atoms. The fourth-order valence-corrected chi connectivity index (χ4v) is 2.53. The summed E-state index contributed by atoms with van der Waals surface area (Å²) in [7, 11) is 0. The van der Waals surface area contributed by atoms with Gasteiger partial charge in [-0.05, 0) is 30.5 Å². The molecule has 0 fully saturated rings. The summed E-state index contributed by atoms with van der Waals surface area (Å²) in [5.41, 5.74) is 3.21. The number of hydrogen-bond acceptors (Lipinski definition) is 5. The second-order valence-electron chi connectivity index (χ2n) is 5.70. The Morgan fingerprint density at radius 2 is 1.85 bits per heavy atom. The third-order valence-electron chi connectivity index (χ3n) is 3.83. The molecular weight excluding hydrogens is 332 g/mol. The second kappa shape index (κ2) is 7.57. The molecule has 0 aliphatic carbocycles. The Kier molecular flexibility index (Phi) is 5.03. The second-order valence-corrected chi connectivity index (χ2v) is 5.70. The monoisotopic (exact) mass is 350 g/mol. The molecule has 0 unspecified atom stereocenters. The number of amides is 1. The predicted molar refractivity (Wildman–Crippen MR) is 99.6 cm³/mol. The molecule has 0 heterocycles. The van der Waals surface area contributed by atoms with Crippen LogP contribution in [0.3, 0.4) is 0 Å². The Balaban J connectivity index is 1.63. The first kappa shape index (κ1) is 17.3. The number of fused-ring (bicyclic) bond motifs is 1. The molecule has 0 atom stereocenters. The third kappa shape index (κ3) is 3.92.